The van der Waals surface area contributed by atoms with E-state index in [0.717, 1.165) is 11.1 Å². The SMILES string of the molecule is Cc1ccc(C(O)(C(=O)C(O)(c2ccccc2)c2ccc(C)cc2O)c2ccccc2)c(O)c1. The molecule has 4 aromatic carbocycles. The summed E-state index contributed by atoms with van der Waals surface area (Å²) in [4.78, 5) is 14.4. The molecule has 0 saturated heterocycles. The van der Waals surface area contributed by atoms with E-state index in [1.165, 1.54) is 24.3 Å². The fourth-order valence-electron chi connectivity index (χ4n) is 4.33. The van der Waals surface area contributed by atoms with Crippen LogP contribution < -0.4 is 0 Å². The highest BCUT2D eigenvalue weighted by molar-refractivity contribution is 6.02. The maximum absolute atomic E-state index is 14.4. The second kappa shape index (κ2) is 8.78. The standard InChI is InChI=1S/C29H26O5/c1-19-13-15-23(25(30)17-19)28(33,21-9-5-3-6-10-21)27(32)29(34,22-11-7-4-8-12-22)24-16-14-20(2)18-26(24)31/h3-18,30-31,33-34H,1-2H3. The molecular formula is C29H26O5. The van der Waals surface area contributed by atoms with E-state index in [0.29, 0.717) is 0 Å². The molecule has 4 N–H and O–H groups in total. The van der Waals surface area contributed by atoms with Crippen molar-refractivity contribution in [2.75, 3.05) is 0 Å². The smallest absolute Gasteiger partial charge is 0.214 e. The van der Waals surface area contributed by atoms with Gasteiger partial charge in [0.1, 0.15) is 11.5 Å². The fraction of sp³-hybridized carbons (Fsp3) is 0.138. The Kier molecular flexibility index (Phi) is 6.00. The lowest BCUT2D eigenvalue weighted by molar-refractivity contribution is -0.151. The van der Waals surface area contributed by atoms with Crippen molar-refractivity contribution < 1.29 is 25.2 Å². The van der Waals surface area contributed by atoms with Crippen molar-refractivity contribution in [1.29, 1.82) is 0 Å². The number of benzene rings is 4. The maximum atomic E-state index is 14.4. The van der Waals surface area contributed by atoms with Crippen molar-refractivity contribution in [3.63, 3.8) is 0 Å². The number of aromatic hydroxyl groups is 2. The average Bonchev–Trinajstić information content (AvgIpc) is 2.84. The topological polar surface area (TPSA) is 98.0 Å². The summed E-state index contributed by atoms with van der Waals surface area (Å²) < 4.78 is 0. The van der Waals surface area contributed by atoms with E-state index in [2.05, 4.69) is 0 Å². The third-order valence-electron chi connectivity index (χ3n) is 6.13. The Morgan fingerprint density at radius 2 is 0.941 bits per heavy atom. The number of Topliss-reactive ketones (excluding diaryl/α,β-unsaturated/α-hetero) is 1. The maximum Gasteiger partial charge on any atom is 0.214 e. The molecule has 0 radical (unpaired) electrons. The summed E-state index contributed by atoms with van der Waals surface area (Å²) in [7, 11) is 0. The molecule has 0 heterocycles. The van der Waals surface area contributed by atoms with Crippen molar-refractivity contribution in [1.82, 2.24) is 0 Å². The molecule has 4 rings (SSSR count). The lowest BCUT2D eigenvalue weighted by Crippen LogP contribution is -2.50. The minimum absolute atomic E-state index is 0.0738. The van der Waals surface area contributed by atoms with Crippen LogP contribution in [0.2, 0.25) is 0 Å². The first-order valence-electron chi connectivity index (χ1n) is 10.9. The molecule has 0 spiro atoms. The monoisotopic (exact) mass is 454 g/mol. The van der Waals surface area contributed by atoms with Crippen LogP contribution in [0.3, 0.4) is 0 Å². The minimum atomic E-state index is -2.44. The minimum Gasteiger partial charge on any atom is -0.508 e. The Bertz CT molecular complexity index is 1230. The normalized spacial score (nSPS) is 14.7. The number of ketones is 1. The molecule has 2 atom stereocenters. The van der Waals surface area contributed by atoms with Crippen molar-refractivity contribution in [2.24, 2.45) is 0 Å². The van der Waals surface area contributed by atoms with E-state index in [1.54, 1.807) is 86.6 Å². The summed E-state index contributed by atoms with van der Waals surface area (Å²) in [5, 5.41) is 45.9. The van der Waals surface area contributed by atoms with Gasteiger partial charge in [0.05, 0.1) is 0 Å². The number of phenols is 2. The Hall–Kier alpha value is -3.93. The lowest BCUT2D eigenvalue weighted by Gasteiger charge is -2.37. The number of hydrogen-bond acceptors (Lipinski definition) is 5. The van der Waals surface area contributed by atoms with Crippen LogP contribution in [0.15, 0.2) is 97.1 Å². The number of carbonyl (C=O) groups is 1. The van der Waals surface area contributed by atoms with Gasteiger partial charge in [0.25, 0.3) is 0 Å². The fourth-order valence-corrected chi connectivity index (χ4v) is 4.33. The molecule has 34 heavy (non-hydrogen) atoms. The van der Waals surface area contributed by atoms with Gasteiger partial charge in [-0.25, -0.2) is 0 Å². The zero-order chi connectivity index (χ0) is 24.5. The van der Waals surface area contributed by atoms with E-state index in [1.807, 2.05) is 0 Å². The molecule has 0 aliphatic carbocycles. The summed E-state index contributed by atoms with van der Waals surface area (Å²) in [5.74, 6) is -1.61. The Balaban J connectivity index is 2.06. The number of aryl methyl sites for hydroxylation is 2. The van der Waals surface area contributed by atoms with Gasteiger partial charge >= 0.3 is 0 Å². The van der Waals surface area contributed by atoms with E-state index in [4.69, 9.17) is 0 Å². The molecule has 0 aliphatic rings. The molecule has 4 aromatic rings. The Morgan fingerprint density at radius 3 is 1.26 bits per heavy atom. The molecule has 0 aliphatic heterocycles. The molecule has 0 saturated carbocycles. The van der Waals surface area contributed by atoms with E-state index in [-0.39, 0.29) is 33.8 Å². The predicted octanol–water partition coefficient (Wildman–Crippen LogP) is 4.46. The van der Waals surface area contributed by atoms with Crippen LogP contribution >= 0.6 is 0 Å². The lowest BCUT2D eigenvalue weighted by atomic mass is 9.70. The highest BCUT2D eigenvalue weighted by atomic mass is 16.3. The van der Waals surface area contributed by atoms with Crippen LogP contribution in [-0.4, -0.2) is 26.2 Å². The van der Waals surface area contributed by atoms with E-state index < -0.39 is 17.0 Å². The van der Waals surface area contributed by atoms with Gasteiger partial charge in [-0.15, -0.1) is 0 Å². The van der Waals surface area contributed by atoms with Gasteiger partial charge in [-0.1, -0.05) is 84.9 Å². The summed E-state index contributed by atoms with van der Waals surface area (Å²) >= 11 is 0. The Labute approximate surface area is 198 Å². The van der Waals surface area contributed by atoms with Crippen LogP contribution in [0.25, 0.3) is 0 Å². The summed E-state index contributed by atoms with van der Waals surface area (Å²) in [5.41, 5.74) is -3.23. The largest absolute Gasteiger partial charge is 0.508 e. The predicted molar refractivity (Wildman–Crippen MR) is 130 cm³/mol. The summed E-state index contributed by atoms with van der Waals surface area (Å²) in [6.07, 6.45) is 0. The molecule has 5 heteroatoms. The Morgan fingerprint density at radius 1 is 0.588 bits per heavy atom. The molecule has 0 amide bonds. The third kappa shape index (κ3) is 3.75. The number of aliphatic hydroxyl groups is 2. The average molecular weight is 455 g/mol. The van der Waals surface area contributed by atoms with Crippen LogP contribution in [-0.2, 0) is 16.0 Å². The van der Waals surface area contributed by atoms with Gasteiger partial charge in [-0.05, 0) is 48.2 Å². The highest BCUT2D eigenvalue weighted by Gasteiger charge is 2.54. The van der Waals surface area contributed by atoms with Crippen LogP contribution in [0, 0.1) is 13.8 Å². The first-order chi connectivity index (χ1) is 16.2. The first kappa shape index (κ1) is 23.2. The second-order valence-electron chi connectivity index (χ2n) is 8.52. The first-order valence-corrected chi connectivity index (χ1v) is 10.9. The van der Waals surface area contributed by atoms with Gasteiger partial charge in [0.2, 0.25) is 5.78 Å². The molecule has 0 fully saturated rings. The van der Waals surface area contributed by atoms with Gasteiger partial charge in [0, 0.05) is 11.1 Å². The summed E-state index contributed by atoms with van der Waals surface area (Å²) in [6.45, 7) is 3.55. The van der Waals surface area contributed by atoms with Crippen LogP contribution in [0.1, 0.15) is 33.4 Å². The van der Waals surface area contributed by atoms with Gasteiger partial charge < -0.3 is 20.4 Å². The second-order valence-corrected chi connectivity index (χ2v) is 8.52. The molecule has 172 valence electrons. The zero-order valence-electron chi connectivity index (χ0n) is 18.9. The number of hydrogen-bond donors (Lipinski definition) is 4. The van der Waals surface area contributed by atoms with Crippen molar-refractivity contribution >= 4 is 5.78 Å². The third-order valence-corrected chi connectivity index (χ3v) is 6.13. The molecule has 0 bridgehead atoms. The quantitative estimate of drug-likeness (QED) is 0.345. The number of carbonyl (C=O) groups excluding carboxylic acids is 1. The molecule has 2 unspecified atom stereocenters. The van der Waals surface area contributed by atoms with Gasteiger partial charge in [-0.2, -0.15) is 0 Å². The zero-order valence-corrected chi connectivity index (χ0v) is 18.9. The van der Waals surface area contributed by atoms with Crippen molar-refractivity contribution in [2.45, 2.75) is 25.0 Å². The molecule has 0 aromatic heterocycles. The highest BCUT2D eigenvalue weighted by Crippen LogP contribution is 2.46. The molecular weight excluding hydrogens is 428 g/mol. The van der Waals surface area contributed by atoms with E-state index >= 15 is 0 Å². The van der Waals surface area contributed by atoms with Crippen molar-refractivity contribution in [3.05, 3.63) is 130 Å². The van der Waals surface area contributed by atoms with Crippen LogP contribution in [0.5, 0.6) is 11.5 Å². The number of rotatable bonds is 6. The van der Waals surface area contributed by atoms with Gasteiger partial charge in [-0.3, -0.25) is 4.79 Å². The van der Waals surface area contributed by atoms with Gasteiger partial charge in [0.15, 0.2) is 11.2 Å². The van der Waals surface area contributed by atoms with E-state index in [9.17, 15) is 25.2 Å². The molecule has 5 nitrogen and oxygen atoms in total. The van der Waals surface area contributed by atoms with Crippen LogP contribution in [0.4, 0.5) is 0 Å². The summed E-state index contributed by atoms with van der Waals surface area (Å²) in [6, 6.07) is 25.5. The number of phenolic OH excluding ortho intramolecular Hbond substituents is 2. The van der Waals surface area contributed by atoms with Crippen molar-refractivity contribution in [3.8, 4) is 11.5 Å².